The first kappa shape index (κ1) is 13.8. The van der Waals surface area contributed by atoms with Crippen LogP contribution < -0.4 is 10.0 Å². The molecule has 102 valence electrons. The Balaban J connectivity index is 2.54. The van der Waals surface area contributed by atoms with Crippen LogP contribution in [0.2, 0.25) is 0 Å². The van der Waals surface area contributed by atoms with Crippen molar-refractivity contribution in [2.75, 3.05) is 17.1 Å². The van der Waals surface area contributed by atoms with Gasteiger partial charge in [0, 0.05) is 18.9 Å². The van der Waals surface area contributed by atoms with E-state index >= 15 is 0 Å². The number of aromatic nitrogens is 1. The molecule has 0 spiro atoms. The molecule has 0 aliphatic carbocycles. The first-order chi connectivity index (χ1) is 9.46. The van der Waals surface area contributed by atoms with Crippen LogP contribution in [0.1, 0.15) is 5.56 Å². The third kappa shape index (κ3) is 2.41. The van der Waals surface area contributed by atoms with E-state index in [4.69, 9.17) is 11.0 Å². The summed E-state index contributed by atoms with van der Waals surface area (Å²) in [4.78, 5) is 3.80. The Morgan fingerprint density at radius 2 is 2.10 bits per heavy atom. The van der Waals surface area contributed by atoms with Crippen LogP contribution in [0.25, 0.3) is 0 Å². The summed E-state index contributed by atoms with van der Waals surface area (Å²) in [7, 11) is -2.43. The van der Waals surface area contributed by atoms with Crippen LogP contribution in [0, 0.1) is 11.3 Å². The molecule has 2 N–H and O–H groups in total. The van der Waals surface area contributed by atoms with Crippen LogP contribution >= 0.6 is 0 Å². The van der Waals surface area contributed by atoms with Gasteiger partial charge < -0.3 is 5.73 Å². The van der Waals surface area contributed by atoms with Gasteiger partial charge in [-0.15, -0.1) is 0 Å². The van der Waals surface area contributed by atoms with E-state index in [9.17, 15) is 8.42 Å². The normalized spacial score (nSPS) is 10.8. The van der Waals surface area contributed by atoms with E-state index in [1.54, 1.807) is 18.3 Å². The zero-order valence-corrected chi connectivity index (χ0v) is 11.5. The maximum Gasteiger partial charge on any atom is 0.265 e. The summed E-state index contributed by atoms with van der Waals surface area (Å²) >= 11 is 0. The number of hydrogen-bond acceptors (Lipinski definition) is 5. The van der Waals surface area contributed by atoms with Crippen molar-refractivity contribution in [1.29, 1.82) is 5.26 Å². The van der Waals surface area contributed by atoms with Gasteiger partial charge in [-0.05, 0) is 30.3 Å². The number of sulfonamides is 1. The van der Waals surface area contributed by atoms with Crippen LogP contribution in [0.5, 0.6) is 0 Å². The molecule has 2 aromatic rings. The molecule has 0 unspecified atom stereocenters. The molecule has 1 aromatic heterocycles. The van der Waals surface area contributed by atoms with E-state index in [-0.39, 0.29) is 10.5 Å². The molecule has 6 nitrogen and oxygen atoms in total. The Hall–Kier alpha value is -2.59. The van der Waals surface area contributed by atoms with Crippen LogP contribution in [0.3, 0.4) is 0 Å². The van der Waals surface area contributed by atoms with Gasteiger partial charge in [-0.25, -0.2) is 8.42 Å². The van der Waals surface area contributed by atoms with Gasteiger partial charge in [0.05, 0.1) is 17.4 Å². The van der Waals surface area contributed by atoms with Gasteiger partial charge in [0.1, 0.15) is 11.0 Å². The van der Waals surface area contributed by atoms with Gasteiger partial charge in [0.15, 0.2) is 0 Å². The van der Waals surface area contributed by atoms with Crippen molar-refractivity contribution in [3.8, 4) is 6.07 Å². The van der Waals surface area contributed by atoms with Crippen molar-refractivity contribution < 1.29 is 8.42 Å². The molecule has 20 heavy (non-hydrogen) atoms. The average Bonchev–Trinajstić information content (AvgIpc) is 2.46. The third-order valence-electron chi connectivity index (χ3n) is 2.77. The van der Waals surface area contributed by atoms with E-state index in [2.05, 4.69) is 4.98 Å². The monoisotopic (exact) mass is 288 g/mol. The summed E-state index contributed by atoms with van der Waals surface area (Å²) in [5.74, 6) is 0. The Morgan fingerprint density at radius 1 is 1.35 bits per heavy atom. The number of anilines is 2. The highest BCUT2D eigenvalue weighted by Gasteiger charge is 2.24. The lowest BCUT2D eigenvalue weighted by Crippen LogP contribution is -2.27. The van der Waals surface area contributed by atoms with Crippen LogP contribution in [-0.4, -0.2) is 20.4 Å². The van der Waals surface area contributed by atoms with Crippen molar-refractivity contribution in [2.24, 2.45) is 0 Å². The smallest absolute Gasteiger partial charge is 0.265 e. The molecular formula is C13H12N4O2S. The van der Waals surface area contributed by atoms with Gasteiger partial charge in [0.25, 0.3) is 10.0 Å². The van der Waals surface area contributed by atoms with E-state index < -0.39 is 10.0 Å². The summed E-state index contributed by atoms with van der Waals surface area (Å²) in [6, 6.07) is 9.22. The summed E-state index contributed by atoms with van der Waals surface area (Å²) in [6.07, 6.45) is 2.98. The van der Waals surface area contributed by atoms with Crippen molar-refractivity contribution in [3.05, 3.63) is 48.3 Å². The van der Waals surface area contributed by atoms with Gasteiger partial charge in [-0.2, -0.15) is 5.26 Å². The van der Waals surface area contributed by atoms with Gasteiger partial charge in [-0.1, -0.05) is 0 Å². The molecule has 0 amide bonds. The lowest BCUT2D eigenvalue weighted by molar-refractivity contribution is 0.594. The topological polar surface area (TPSA) is 100 Å². The average molecular weight is 288 g/mol. The fourth-order valence-corrected chi connectivity index (χ4v) is 2.99. The molecule has 0 bridgehead atoms. The minimum absolute atomic E-state index is 0.0146. The third-order valence-corrected chi connectivity index (χ3v) is 4.62. The van der Waals surface area contributed by atoms with Crippen molar-refractivity contribution in [1.82, 2.24) is 4.98 Å². The Morgan fingerprint density at radius 3 is 2.70 bits per heavy atom. The highest BCUT2D eigenvalue weighted by atomic mass is 32.2. The zero-order chi connectivity index (χ0) is 14.8. The molecular weight excluding hydrogens is 276 g/mol. The van der Waals surface area contributed by atoms with Crippen LogP contribution in [-0.2, 0) is 10.0 Å². The number of nitriles is 1. The zero-order valence-electron chi connectivity index (χ0n) is 10.7. The highest BCUT2D eigenvalue weighted by molar-refractivity contribution is 7.92. The molecule has 7 heteroatoms. The van der Waals surface area contributed by atoms with Crippen molar-refractivity contribution in [3.63, 3.8) is 0 Å². The Labute approximate surface area is 117 Å². The largest absolute Gasteiger partial charge is 0.399 e. The number of rotatable bonds is 3. The molecule has 0 aliphatic rings. The minimum Gasteiger partial charge on any atom is -0.399 e. The van der Waals surface area contributed by atoms with E-state index in [0.717, 1.165) is 4.31 Å². The number of pyridine rings is 1. The number of hydrogen-bond donors (Lipinski definition) is 1. The maximum absolute atomic E-state index is 12.5. The van der Waals surface area contributed by atoms with Crippen LogP contribution in [0.4, 0.5) is 11.4 Å². The van der Waals surface area contributed by atoms with Gasteiger partial charge in [-0.3, -0.25) is 9.29 Å². The summed E-state index contributed by atoms with van der Waals surface area (Å²) in [5, 5.41) is 9.06. The summed E-state index contributed by atoms with van der Waals surface area (Å²) < 4.78 is 26.1. The van der Waals surface area contributed by atoms with Crippen LogP contribution in [0.15, 0.2) is 47.6 Å². The minimum atomic E-state index is -3.84. The number of benzene rings is 1. The predicted octanol–water partition coefficient (Wildman–Crippen LogP) is 1.36. The van der Waals surface area contributed by atoms with E-state index in [0.29, 0.717) is 11.4 Å². The van der Waals surface area contributed by atoms with Gasteiger partial charge >= 0.3 is 0 Å². The SMILES string of the molecule is CN(c1cccnc1)S(=O)(=O)c1ccc(N)cc1C#N. The van der Waals surface area contributed by atoms with E-state index in [1.807, 2.05) is 6.07 Å². The fourth-order valence-electron chi connectivity index (χ4n) is 1.69. The molecule has 1 heterocycles. The summed E-state index contributed by atoms with van der Waals surface area (Å²) in [6.45, 7) is 0. The van der Waals surface area contributed by atoms with Crippen molar-refractivity contribution >= 4 is 21.4 Å². The quantitative estimate of drug-likeness (QED) is 0.859. The first-order valence-electron chi connectivity index (χ1n) is 5.65. The second-order valence-corrected chi connectivity index (χ2v) is 5.99. The lowest BCUT2D eigenvalue weighted by Gasteiger charge is -2.19. The molecule has 0 aliphatic heterocycles. The Bertz CT molecular complexity index is 767. The number of nitrogen functional groups attached to an aromatic ring is 1. The lowest BCUT2D eigenvalue weighted by atomic mass is 10.2. The van der Waals surface area contributed by atoms with Gasteiger partial charge in [0.2, 0.25) is 0 Å². The Kier molecular flexibility index (Phi) is 3.59. The fraction of sp³-hybridized carbons (Fsp3) is 0.0769. The predicted molar refractivity (Wildman–Crippen MR) is 75.4 cm³/mol. The van der Waals surface area contributed by atoms with Crippen molar-refractivity contribution in [2.45, 2.75) is 4.90 Å². The maximum atomic E-state index is 12.5. The van der Waals surface area contributed by atoms with E-state index in [1.165, 1.54) is 31.4 Å². The molecule has 0 fully saturated rings. The first-order valence-corrected chi connectivity index (χ1v) is 7.09. The number of nitrogens with zero attached hydrogens (tertiary/aromatic N) is 3. The molecule has 0 saturated carbocycles. The second kappa shape index (κ2) is 5.19. The second-order valence-electron chi connectivity index (χ2n) is 4.05. The molecule has 0 saturated heterocycles. The highest BCUT2D eigenvalue weighted by Crippen LogP contribution is 2.24. The standard InChI is InChI=1S/C13H12N4O2S/c1-17(12-3-2-6-16-9-12)20(18,19)13-5-4-11(15)7-10(13)8-14/h2-7,9H,15H2,1H3. The summed E-state index contributed by atoms with van der Waals surface area (Å²) in [5.41, 5.74) is 6.33. The molecule has 2 rings (SSSR count). The molecule has 0 atom stereocenters. The molecule has 0 radical (unpaired) electrons. The molecule has 1 aromatic carbocycles. The number of nitrogens with two attached hydrogens (primary N) is 1.